The van der Waals surface area contributed by atoms with Gasteiger partial charge in [0.05, 0.1) is 0 Å². The molecule has 1 aromatic heterocycles. The molecule has 0 fully saturated rings. The summed E-state index contributed by atoms with van der Waals surface area (Å²) in [5, 5.41) is 2.94. The van der Waals surface area contributed by atoms with Gasteiger partial charge < -0.3 is 9.88 Å². The zero-order valence-corrected chi connectivity index (χ0v) is 12.0. The molecule has 2 rings (SSSR count). The molecule has 0 radical (unpaired) electrons. The highest BCUT2D eigenvalue weighted by molar-refractivity contribution is 5.94. The van der Waals surface area contributed by atoms with Gasteiger partial charge in [0.1, 0.15) is 11.5 Å². The Morgan fingerprint density at radius 1 is 1.30 bits per heavy atom. The van der Waals surface area contributed by atoms with E-state index in [1.54, 1.807) is 16.7 Å². The summed E-state index contributed by atoms with van der Waals surface area (Å²) in [5.74, 6) is -0.352. The molecule has 4 heteroatoms. The van der Waals surface area contributed by atoms with E-state index in [1.165, 1.54) is 12.1 Å². The monoisotopic (exact) mass is 274 g/mol. The number of carbonyl (C=O) groups is 1. The van der Waals surface area contributed by atoms with Crippen molar-refractivity contribution < 1.29 is 9.18 Å². The number of nitrogens with one attached hydrogen (secondary N) is 1. The van der Waals surface area contributed by atoms with E-state index in [0.717, 1.165) is 17.5 Å². The summed E-state index contributed by atoms with van der Waals surface area (Å²) >= 11 is 0. The molecule has 20 heavy (non-hydrogen) atoms. The van der Waals surface area contributed by atoms with Gasteiger partial charge in [0.15, 0.2) is 0 Å². The Labute approximate surface area is 118 Å². The minimum Gasteiger partial charge on any atom is -0.348 e. The fourth-order valence-electron chi connectivity index (χ4n) is 1.99. The smallest absolute Gasteiger partial charge is 0.268 e. The van der Waals surface area contributed by atoms with Gasteiger partial charge in [-0.1, -0.05) is 19.1 Å². The topological polar surface area (TPSA) is 34.0 Å². The lowest BCUT2D eigenvalue weighted by Gasteiger charge is -2.11. The maximum Gasteiger partial charge on any atom is 0.268 e. The number of hydrogen-bond acceptors (Lipinski definition) is 1. The lowest BCUT2D eigenvalue weighted by Crippen LogP contribution is -2.33. The molecular formula is C16H19FN2O. The number of aryl methyl sites for hydroxylation is 1. The summed E-state index contributed by atoms with van der Waals surface area (Å²) < 4.78 is 14.7. The molecule has 106 valence electrons. The molecule has 0 aliphatic heterocycles. The highest BCUT2D eigenvalue weighted by atomic mass is 19.1. The van der Waals surface area contributed by atoms with Crippen LogP contribution in [0.4, 0.5) is 4.39 Å². The molecule has 0 aliphatic carbocycles. The fourth-order valence-corrected chi connectivity index (χ4v) is 1.99. The molecular weight excluding hydrogens is 255 g/mol. The van der Waals surface area contributed by atoms with Gasteiger partial charge in [-0.15, -0.1) is 0 Å². The number of carbonyl (C=O) groups excluding carboxylic acids is 1. The summed E-state index contributed by atoms with van der Waals surface area (Å²) in [6.45, 7) is 4.00. The van der Waals surface area contributed by atoms with E-state index in [1.807, 2.05) is 33.2 Å². The van der Waals surface area contributed by atoms with E-state index in [-0.39, 0.29) is 17.8 Å². The van der Waals surface area contributed by atoms with Gasteiger partial charge in [-0.3, -0.25) is 4.79 Å². The number of aromatic nitrogens is 1. The maximum absolute atomic E-state index is 12.9. The molecule has 1 atom stereocenters. The van der Waals surface area contributed by atoms with E-state index >= 15 is 0 Å². The van der Waals surface area contributed by atoms with Crippen LogP contribution in [0, 0.1) is 5.82 Å². The average Bonchev–Trinajstić information content (AvgIpc) is 2.81. The van der Waals surface area contributed by atoms with Crippen LogP contribution < -0.4 is 5.32 Å². The van der Waals surface area contributed by atoms with Crippen LogP contribution in [0.15, 0.2) is 36.5 Å². The summed E-state index contributed by atoms with van der Waals surface area (Å²) in [6.07, 6.45) is 2.76. The Bertz CT molecular complexity index is 601. The van der Waals surface area contributed by atoms with E-state index in [9.17, 15) is 9.18 Å². The predicted molar refractivity (Wildman–Crippen MR) is 78.0 cm³/mol. The summed E-state index contributed by atoms with van der Waals surface area (Å²) in [4.78, 5) is 12.1. The molecule has 0 aliphatic rings. The molecule has 0 bridgehead atoms. The van der Waals surface area contributed by atoms with Gasteiger partial charge in [-0.25, -0.2) is 4.39 Å². The molecule has 1 aromatic carbocycles. The Morgan fingerprint density at radius 2 is 1.95 bits per heavy atom. The van der Waals surface area contributed by atoms with Gasteiger partial charge >= 0.3 is 0 Å². The first-order valence-electron chi connectivity index (χ1n) is 6.74. The second-order valence-corrected chi connectivity index (χ2v) is 5.01. The Hall–Kier alpha value is -2.10. The minimum atomic E-state index is -0.264. The van der Waals surface area contributed by atoms with Crippen molar-refractivity contribution in [1.29, 1.82) is 0 Å². The van der Waals surface area contributed by atoms with Crippen molar-refractivity contribution in [3.63, 3.8) is 0 Å². The number of amides is 1. The fraction of sp³-hybridized carbons (Fsp3) is 0.312. The van der Waals surface area contributed by atoms with E-state index in [2.05, 4.69) is 5.32 Å². The van der Waals surface area contributed by atoms with Crippen LogP contribution >= 0.6 is 0 Å². The number of nitrogens with zero attached hydrogens (tertiary/aromatic N) is 1. The number of benzene rings is 1. The molecule has 2 aromatic rings. The molecule has 1 N–H and O–H groups in total. The summed E-state index contributed by atoms with van der Waals surface area (Å²) in [5.41, 5.74) is 2.40. The zero-order chi connectivity index (χ0) is 14.7. The third-order valence-electron chi connectivity index (χ3n) is 3.41. The van der Waals surface area contributed by atoms with Gasteiger partial charge in [0, 0.05) is 24.8 Å². The lowest BCUT2D eigenvalue weighted by atomic mass is 10.1. The Morgan fingerprint density at radius 3 is 2.55 bits per heavy atom. The van der Waals surface area contributed by atoms with Crippen molar-refractivity contribution in [2.75, 3.05) is 0 Å². The second-order valence-electron chi connectivity index (χ2n) is 5.01. The molecule has 0 unspecified atom stereocenters. The van der Waals surface area contributed by atoms with Crippen LogP contribution in [-0.4, -0.2) is 16.5 Å². The minimum absolute atomic E-state index is 0.0878. The highest BCUT2D eigenvalue weighted by Crippen LogP contribution is 2.22. The average molecular weight is 274 g/mol. The van der Waals surface area contributed by atoms with Crippen molar-refractivity contribution in [1.82, 2.24) is 9.88 Å². The third kappa shape index (κ3) is 3.07. The van der Waals surface area contributed by atoms with Crippen molar-refractivity contribution in [3.05, 3.63) is 48.0 Å². The first kappa shape index (κ1) is 14.3. The van der Waals surface area contributed by atoms with Crippen molar-refractivity contribution in [2.45, 2.75) is 26.3 Å². The molecule has 3 nitrogen and oxygen atoms in total. The van der Waals surface area contributed by atoms with Crippen LogP contribution in [0.3, 0.4) is 0 Å². The van der Waals surface area contributed by atoms with E-state index in [4.69, 9.17) is 0 Å². The normalized spacial score (nSPS) is 12.2. The largest absolute Gasteiger partial charge is 0.348 e. The zero-order valence-electron chi connectivity index (χ0n) is 12.0. The van der Waals surface area contributed by atoms with E-state index < -0.39 is 0 Å². The first-order chi connectivity index (χ1) is 9.51. The first-order valence-corrected chi connectivity index (χ1v) is 6.74. The van der Waals surface area contributed by atoms with Crippen LogP contribution in [0.5, 0.6) is 0 Å². The molecule has 1 amide bonds. The molecule has 1 heterocycles. The lowest BCUT2D eigenvalue weighted by molar-refractivity contribution is 0.0931. The van der Waals surface area contributed by atoms with Gasteiger partial charge in [0.2, 0.25) is 0 Å². The summed E-state index contributed by atoms with van der Waals surface area (Å²) in [7, 11) is 1.83. The molecule has 0 spiro atoms. The number of hydrogen-bond donors (Lipinski definition) is 1. The van der Waals surface area contributed by atoms with Crippen LogP contribution in [0.2, 0.25) is 0 Å². The van der Waals surface area contributed by atoms with Crippen molar-refractivity contribution in [2.24, 2.45) is 7.05 Å². The maximum atomic E-state index is 12.9. The van der Waals surface area contributed by atoms with E-state index in [0.29, 0.717) is 5.69 Å². The van der Waals surface area contributed by atoms with Crippen molar-refractivity contribution in [3.8, 4) is 11.1 Å². The second kappa shape index (κ2) is 5.90. The van der Waals surface area contributed by atoms with Gasteiger partial charge in [-0.2, -0.15) is 0 Å². The van der Waals surface area contributed by atoms with Crippen LogP contribution in [0.1, 0.15) is 30.8 Å². The molecule has 0 saturated heterocycles. The Balaban J connectivity index is 2.25. The van der Waals surface area contributed by atoms with Crippen molar-refractivity contribution >= 4 is 5.91 Å². The third-order valence-corrected chi connectivity index (χ3v) is 3.41. The number of halogens is 1. The number of rotatable bonds is 4. The summed E-state index contributed by atoms with van der Waals surface area (Å²) in [6, 6.07) is 8.22. The van der Waals surface area contributed by atoms with Gasteiger partial charge in [-0.05, 0) is 37.1 Å². The van der Waals surface area contributed by atoms with Crippen LogP contribution in [-0.2, 0) is 7.05 Å². The standard InChI is InChI=1S/C16H19FN2O/c1-4-11(2)18-16(20)15-9-13(10-19(15)3)12-5-7-14(17)8-6-12/h5-11H,4H2,1-3H3,(H,18,20)/t11-/m0/s1. The molecule has 0 saturated carbocycles. The van der Waals surface area contributed by atoms with Crippen LogP contribution in [0.25, 0.3) is 11.1 Å². The Kier molecular flexibility index (Phi) is 4.23. The predicted octanol–water partition coefficient (Wildman–Crippen LogP) is 3.36. The highest BCUT2D eigenvalue weighted by Gasteiger charge is 2.14. The van der Waals surface area contributed by atoms with Gasteiger partial charge in [0.25, 0.3) is 5.91 Å². The SMILES string of the molecule is CC[C@H](C)NC(=O)c1cc(-c2ccc(F)cc2)cn1C. The quantitative estimate of drug-likeness (QED) is 0.911.